The molecular formula is C9H14N2OS. The molecule has 1 aliphatic rings. The Morgan fingerprint density at radius 3 is 2.69 bits per heavy atom. The predicted octanol–water partition coefficient (Wildman–Crippen LogP) is 1.73. The molecule has 1 atom stereocenters. The van der Waals surface area contributed by atoms with Gasteiger partial charge in [0.25, 0.3) is 0 Å². The Hall–Kier alpha value is -0.610. The number of nitrogens with zero attached hydrogens (tertiary/aromatic N) is 1. The Balaban J connectivity index is 2.34. The Morgan fingerprint density at radius 2 is 2.31 bits per heavy atom. The van der Waals surface area contributed by atoms with E-state index in [1.807, 2.05) is 6.92 Å². The Morgan fingerprint density at radius 1 is 1.69 bits per heavy atom. The standard InChI is InChI=1S/C9H14N2OS/c1-8(3-4-8)9(2,12)6-5-11-7(10)13-6/h5,12H,3-4H2,1-2H3,(H2,10,11). The maximum Gasteiger partial charge on any atom is 0.180 e. The minimum Gasteiger partial charge on any atom is -0.384 e. The monoisotopic (exact) mass is 198 g/mol. The fourth-order valence-corrected chi connectivity index (χ4v) is 2.37. The maximum atomic E-state index is 10.3. The van der Waals surface area contributed by atoms with E-state index in [0.29, 0.717) is 5.13 Å². The zero-order chi connectivity index (χ0) is 9.69. The summed E-state index contributed by atoms with van der Waals surface area (Å²) >= 11 is 1.38. The molecule has 0 aromatic carbocycles. The molecule has 0 amide bonds. The van der Waals surface area contributed by atoms with Gasteiger partial charge in [-0.3, -0.25) is 0 Å². The molecule has 1 aliphatic carbocycles. The Kier molecular flexibility index (Phi) is 1.69. The van der Waals surface area contributed by atoms with Gasteiger partial charge in [0.2, 0.25) is 0 Å². The van der Waals surface area contributed by atoms with Crippen LogP contribution in [0.15, 0.2) is 6.20 Å². The summed E-state index contributed by atoms with van der Waals surface area (Å²) < 4.78 is 0. The third-order valence-electron chi connectivity index (χ3n) is 3.18. The minimum atomic E-state index is -0.762. The van der Waals surface area contributed by atoms with Crippen LogP contribution in [0.5, 0.6) is 0 Å². The van der Waals surface area contributed by atoms with Crippen molar-refractivity contribution in [3.05, 3.63) is 11.1 Å². The summed E-state index contributed by atoms with van der Waals surface area (Å²) in [7, 11) is 0. The van der Waals surface area contributed by atoms with Crippen LogP contribution in [-0.2, 0) is 5.60 Å². The average molecular weight is 198 g/mol. The van der Waals surface area contributed by atoms with Crippen LogP contribution in [0, 0.1) is 5.41 Å². The lowest BCUT2D eigenvalue weighted by Crippen LogP contribution is -2.30. The van der Waals surface area contributed by atoms with Gasteiger partial charge in [-0.05, 0) is 19.8 Å². The summed E-state index contributed by atoms with van der Waals surface area (Å²) in [6.45, 7) is 3.95. The van der Waals surface area contributed by atoms with Crippen LogP contribution in [0.3, 0.4) is 0 Å². The maximum absolute atomic E-state index is 10.3. The summed E-state index contributed by atoms with van der Waals surface area (Å²) in [5.41, 5.74) is 4.81. The highest BCUT2D eigenvalue weighted by Gasteiger charge is 2.53. The third kappa shape index (κ3) is 1.25. The first-order valence-corrected chi connectivity index (χ1v) is 5.21. The van der Waals surface area contributed by atoms with E-state index >= 15 is 0 Å². The smallest absolute Gasteiger partial charge is 0.180 e. The highest BCUT2D eigenvalue weighted by Crippen LogP contribution is 2.58. The molecule has 72 valence electrons. The number of aromatic nitrogens is 1. The largest absolute Gasteiger partial charge is 0.384 e. The second-order valence-corrected chi connectivity index (χ2v) is 5.26. The van der Waals surface area contributed by atoms with Crippen molar-refractivity contribution in [2.45, 2.75) is 32.3 Å². The van der Waals surface area contributed by atoms with E-state index in [4.69, 9.17) is 5.73 Å². The molecule has 1 aromatic rings. The normalized spacial score (nSPS) is 23.9. The van der Waals surface area contributed by atoms with E-state index in [1.54, 1.807) is 6.20 Å². The highest BCUT2D eigenvalue weighted by molar-refractivity contribution is 7.15. The quantitative estimate of drug-likeness (QED) is 0.761. The highest BCUT2D eigenvalue weighted by atomic mass is 32.1. The Bertz CT molecular complexity index is 328. The first-order valence-electron chi connectivity index (χ1n) is 4.40. The summed E-state index contributed by atoms with van der Waals surface area (Å²) in [4.78, 5) is 4.84. The van der Waals surface area contributed by atoms with Crippen LogP contribution in [0.2, 0.25) is 0 Å². The molecule has 1 saturated carbocycles. The minimum absolute atomic E-state index is 0.0337. The number of nitrogen functional groups attached to an aromatic ring is 1. The molecule has 1 unspecified atom stereocenters. The van der Waals surface area contributed by atoms with Crippen molar-refractivity contribution in [2.75, 3.05) is 5.73 Å². The van der Waals surface area contributed by atoms with E-state index in [9.17, 15) is 5.11 Å². The Labute approximate surface area is 81.6 Å². The SMILES string of the molecule is CC1(C(C)(O)c2cnc(N)s2)CC1. The number of thiazole rings is 1. The fraction of sp³-hybridized carbons (Fsp3) is 0.667. The molecule has 0 aliphatic heterocycles. The summed E-state index contributed by atoms with van der Waals surface area (Å²) in [5, 5.41) is 10.8. The molecule has 0 radical (unpaired) electrons. The lowest BCUT2D eigenvalue weighted by atomic mass is 9.87. The molecule has 2 rings (SSSR count). The van der Waals surface area contributed by atoms with Gasteiger partial charge in [-0.15, -0.1) is 0 Å². The first kappa shape index (κ1) is 8.97. The van der Waals surface area contributed by atoms with E-state index in [-0.39, 0.29) is 5.41 Å². The zero-order valence-electron chi connectivity index (χ0n) is 7.87. The molecule has 0 bridgehead atoms. The molecule has 13 heavy (non-hydrogen) atoms. The molecule has 1 fully saturated rings. The second kappa shape index (κ2) is 2.45. The van der Waals surface area contributed by atoms with Gasteiger partial charge < -0.3 is 10.8 Å². The van der Waals surface area contributed by atoms with Crippen molar-refractivity contribution >= 4 is 16.5 Å². The van der Waals surface area contributed by atoms with Crippen molar-refractivity contribution in [1.29, 1.82) is 0 Å². The number of aliphatic hydroxyl groups is 1. The third-order valence-corrected chi connectivity index (χ3v) is 4.22. The molecule has 4 heteroatoms. The molecule has 0 saturated heterocycles. The molecular weight excluding hydrogens is 184 g/mol. The van der Waals surface area contributed by atoms with Crippen molar-refractivity contribution in [2.24, 2.45) is 5.41 Å². The van der Waals surface area contributed by atoms with Crippen molar-refractivity contribution in [3.8, 4) is 0 Å². The lowest BCUT2D eigenvalue weighted by Gasteiger charge is -2.28. The molecule has 1 heterocycles. The van der Waals surface area contributed by atoms with Crippen molar-refractivity contribution < 1.29 is 5.11 Å². The van der Waals surface area contributed by atoms with Gasteiger partial charge in [0, 0.05) is 11.6 Å². The van der Waals surface area contributed by atoms with Gasteiger partial charge in [-0.25, -0.2) is 4.98 Å². The van der Waals surface area contributed by atoms with Crippen LogP contribution in [0.1, 0.15) is 31.6 Å². The number of hydrogen-bond donors (Lipinski definition) is 2. The molecule has 0 spiro atoms. The number of nitrogens with two attached hydrogens (primary N) is 1. The summed E-state index contributed by atoms with van der Waals surface area (Å²) in [6, 6.07) is 0. The number of rotatable bonds is 2. The van der Waals surface area contributed by atoms with E-state index in [0.717, 1.165) is 17.7 Å². The van der Waals surface area contributed by atoms with Crippen LogP contribution >= 0.6 is 11.3 Å². The first-order chi connectivity index (χ1) is 5.96. The molecule has 3 N–H and O–H groups in total. The number of hydrogen-bond acceptors (Lipinski definition) is 4. The average Bonchev–Trinajstić information content (AvgIpc) is 2.63. The van der Waals surface area contributed by atoms with E-state index in [1.165, 1.54) is 11.3 Å². The lowest BCUT2D eigenvalue weighted by molar-refractivity contribution is -0.00933. The predicted molar refractivity (Wildman–Crippen MR) is 53.4 cm³/mol. The van der Waals surface area contributed by atoms with Gasteiger partial charge in [0.15, 0.2) is 5.13 Å². The summed E-state index contributed by atoms with van der Waals surface area (Å²) in [6.07, 6.45) is 3.85. The van der Waals surface area contributed by atoms with Gasteiger partial charge in [-0.2, -0.15) is 0 Å². The van der Waals surface area contributed by atoms with E-state index in [2.05, 4.69) is 11.9 Å². The van der Waals surface area contributed by atoms with Gasteiger partial charge in [-0.1, -0.05) is 18.3 Å². The van der Waals surface area contributed by atoms with Gasteiger partial charge in [0.1, 0.15) is 5.60 Å². The molecule has 3 nitrogen and oxygen atoms in total. The van der Waals surface area contributed by atoms with Gasteiger partial charge in [0.05, 0.1) is 4.88 Å². The van der Waals surface area contributed by atoms with Crippen LogP contribution in [0.4, 0.5) is 5.13 Å². The molecule has 1 aromatic heterocycles. The van der Waals surface area contributed by atoms with Crippen molar-refractivity contribution in [1.82, 2.24) is 4.98 Å². The van der Waals surface area contributed by atoms with Crippen molar-refractivity contribution in [3.63, 3.8) is 0 Å². The van der Waals surface area contributed by atoms with E-state index < -0.39 is 5.60 Å². The second-order valence-electron chi connectivity index (χ2n) is 4.20. The number of anilines is 1. The zero-order valence-corrected chi connectivity index (χ0v) is 8.69. The fourth-order valence-electron chi connectivity index (χ4n) is 1.48. The van der Waals surface area contributed by atoms with Crippen LogP contribution in [-0.4, -0.2) is 10.1 Å². The van der Waals surface area contributed by atoms with Gasteiger partial charge >= 0.3 is 0 Å². The van der Waals surface area contributed by atoms with Crippen LogP contribution < -0.4 is 5.73 Å². The summed E-state index contributed by atoms with van der Waals surface area (Å²) in [5.74, 6) is 0. The van der Waals surface area contributed by atoms with Crippen LogP contribution in [0.25, 0.3) is 0 Å². The topological polar surface area (TPSA) is 59.1 Å².